The highest BCUT2D eigenvalue weighted by atomic mass is 16.5. The number of ether oxygens (including phenoxy) is 1. The molecule has 17 heavy (non-hydrogen) atoms. The number of rotatable bonds is 7. The number of hydrogen-bond acceptors (Lipinski definition) is 6. The second-order valence-corrected chi connectivity index (χ2v) is 3.74. The highest BCUT2D eigenvalue weighted by Gasteiger charge is 2.14. The van der Waals surface area contributed by atoms with Gasteiger partial charge in [0.15, 0.2) is 5.82 Å². The number of nitrogens with zero attached hydrogens (tertiary/aromatic N) is 3. The molecule has 0 aliphatic carbocycles. The van der Waals surface area contributed by atoms with E-state index in [9.17, 15) is 4.79 Å². The minimum Gasteiger partial charge on any atom is -0.468 e. The lowest BCUT2D eigenvalue weighted by Crippen LogP contribution is -2.31. The van der Waals surface area contributed by atoms with Gasteiger partial charge in [-0.25, -0.2) is 0 Å². The van der Waals surface area contributed by atoms with Crippen LogP contribution in [0.2, 0.25) is 0 Å². The molecule has 0 aromatic carbocycles. The number of aromatic nitrogens is 2. The molecular formula is C11H19N3O3. The molecule has 0 saturated carbocycles. The van der Waals surface area contributed by atoms with E-state index < -0.39 is 0 Å². The van der Waals surface area contributed by atoms with Crippen LogP contribution < -0.4 is 0 Å². The summed E-state index contributed by atoms with van der Waals surface area (Å²) in [6.07, 6.45) is 1.69. The third kappa shape index (κ3) is 4.52. The van der Waals surface area contributed by atoms with Gasteiger partial charge in [0, 0.05) is 6.42 Å². The molecule has 1 aromatic heterocycles. The van der Waals surface area contributed by atoms with E-state index in [1.54, 1.807) is 0 Å². The van der Waals surface area contributed by atoms with Crippen LogP contribution in [0, 0.1) is 0 Å². The second-order valence-electron chi connectivity index (χ2n) is 3.74. The van der Waals surface area contributed by atoms with Gasteiger partial charge >= 0.3 is 5.97 Å². The molecule has 0 aliphatic rings. The summed E-state index contributed by atoms with van der Waals surface area (Å²) in [6.45, 7) is 5.53. The first-order chi connectivity index (χ1) is 8.19. The molecule has 0 spiro atoms. The second kappa shape index (κ2) is 7.01. The van der Waals surface area contributed by atoms with Crippen LogP contribution in [0.3, 0.4) is 0 Å². The largest absolute Gasteiger partial charge is 0.468 e. The molecule has 1 heterocycles. The summed E-state index contributed by atoms with van der Waals surface area (Å²) in [5.74, 6) is 0.974. The van der Waals surface area contributed by atoms with Gasteiger partial charge in [0.05, 0.1) is 20.2 Å². The molecule has 6 nitrogen and oxygen atoms in total. The van der Waals surface area contributed by atoms with Gasteiger partial charge in [0.2, 0.25) is 5.89 Å². The quantitative estimate of drug-likeness (QED) is 0.664. The van der Waals surface area contributed by atoms with Crippen molar-refractivity contribution >= 4 is 5.97 Å². The molecule has 0 saturated heterocycles. The third-order valence-corrected chi connectivity index (χ3v) is 2.31. The van der Waals surface area contributed by atoms with Crippen LogP contribution in [0.15, 0.2) is 4.52 Å². The monoisotopic (exact) mass is 241 g/mol. The number of esters is 1. The van der Waals surface area contributed by atoms with Crippen LogP contribution in [-0.4, -0.2) is 41.2 Å². The van der Waals surface area contributed by atoms with E-state index in [-0.39, 0.29) is 12.5 Å². The molecule has 0 aliphatic heterocycles. The first-order valence-electron chi connectivity index (χ1n) is 5.80. The van der Waals surface area contributed by atoms with Crippen molar-refractivity contribution in [3.63, 3.8) is 0 Å². The lowest BCUT2D eigenvalue weighted by atomic mass is 10.4. The minimum atomic E-state index is -0.256. The molecule has 1 rings (SSSR count). The van der Waals surface area contributed by atoms with E-state index in [0.717, 1.165) is 19.4 Å². The van der Waals surface area contributed by atoms with Gasteiger partial charge in [0.1, 0.15) is 0 Å². The maximum atomic E-state index is 11.2. The van der Waals surface area contributed by atoms with Crippen molar-refractivity contribution in [1.29, 1.82) is 0 Å². The molecule has 0 fully saturated rings. The Bertz CT molecular complexity index is 351. The van der Waals surface area contributed by atoms with Crippen molar-refractivity contribution < 1.29 is 14.1 Å². The maximum absolute atomic E-state index is 11.2. The fourth-order valence-corrected chi connectivity index (χ4v) is 1.47. The lowest BCUT2D eigenvalue weighted by molar-refractivity contribution is -0.142. The van der Waals surface area contributed by atoms with Crippen LogP contribution in [0.25, 0.3) is 0 Å². The van der Waals surface area contributed by atoms with E-state index >= 15 is 0 Å². The number of hydrogen-bond donors (Lipinski definition) is 0. The first kappa shape index (κ1) is 13.6. The summed E-state index contributed by atoms with van der Waals surface area (Å²) in [5.41, 5.74) is 0. The summed E-state index contributed by atoms with van der Waals surface area (Å²) >= 11 is 0. The van der Waals surface area contributed by atoms with Gasteiger partial charge in [-0.2, -0.15) is 4.98 Å². The Morgan fingerprint density at radius 3 is 2.76 bits per heavy atom. The van der Waals surface area contributed by atoms with Crippen LogP contribution in [0.4, 0.5) is 0 Å². The van der Waals surface area contributed by atoms with E-state index in [2.05, 4.69) is 21.8 Å². The van der Waals surface area contributed by atoms with Crippen molar-refractivity contribution in [1.82, 2.24) is 15.0 Å². The Hall–Kier alpha value is -1.43. The van der Waals surface area contributed by atoms with Crippen LogP contribution in [0.1, 0.15) is 32.0 Å². The zero-order valence-corrected chi connectivity index (χ0v) is 10.6. The predicted octanol–water partition coefficient (Wildman–Crippen LogP) is 1.02. The molecule has 0 unspecified atom stereocenters. The van der Waals surface area contributed by atoms with Gasteiger partial charge in [0.25, 0.3) is 0 Å². The molecule has 0 bridgehead atoms. The minimum absolute atomic E-state index is 0.244. The van der Waals surface area contributed by atoms with Crippen LogP contribution in [0.5, 0.6) is 0 Å². The van der Waals surface area contributed by atoms with Gasteiger partial charge < -0.3 is 9.26 Å². The highest BCUT2D eigenvalue weighted by Crippen LogP contribution is 2.04. The van der Waals surface area contributed by atoms with E-state index in [1.807, 2.05) is 11.8 Å². The summed E-state index contributed by atoms with van der Waals surface area (Å²) in [4.78, 5) is 17.4. The molecule has 1 aromatic rings. The zero-order valence-electron chi connectivity index (χ0n) is 10.6. The van der Waals surface area contributed by atoms with Crippen molar-refractivity contribution in [2.75, 3.05) is 20.2 Å². The van der Waals surface area contributed by atoms with Gasteiger partial charge in [-0.3, -0.25) is 9.69 Å². The average molecular weight is 241 g/mol. The number of carbonyl (C=O) groups is 1. The van der Waals surface area contributed by atoms with Crippen molar-refractivity contribution in [2.24, 2.45) is 0 Å². The smallest absolute Gasteiger partial charge is 0.319 e. The Balaban J connectivity index is 2.55. The lowest BCUT2D eigenvalue weighted by Gasteiger charge is -2.17. The molecule has 0 N–H and O–H groups in total. The molecule has 0 amide bonds. The van der Waals surface area contributed by atoms with Crippen molar-refractivity contribution in [3.05, 3.63) is 11.7 Å². The maximum Gasteiger partial charge on any atom is 0.319 e. The molecule has 96 valence electrons. The first-order valence-corrected chi connectivity index (χ1v) is 5.80. The highest BCUT2D eigenvalue weighted by molar-refractivity contribution is 5.71. The number of carbonyl (C=O) groups excluding carboxylic acids is 1. The van der Waals surface area contributed by atoms with Gasteiger partial charge in [-0.05, 0) is 13.0 Å². The van der Waals surface area contributed by atoms with E-state index in [4.69, 9.17) is 4.52 Å². The van der Waals surface area contributed by atoms with Crippen molar-refractivity contribution in [2.45, 2.75) is 33.2 Å². The van der Waals surface area contributed by atoms with Crippen molar-refractivity contribution in [3.8, 4) is 0 Å². The SMILES string of the molecule is CCCN(CC(=O)OC)Cc1nc(CC)no1. The fourth-order valence-electron chi connectivity index (χ4n) is 1.47. The summed E-state index contributed by atoms with van der Waals surface area (Å²) in [7, 11) is 1.38. The molecule has 6 heteroatoms. The Labute approximate surface area is 101 Å². The van der Waals surface area contributed by atoms with Gasteiger partial charge in [-0.1, -0.05) is 19.0 Å². The standard InChI is InChI=1S/C11H19N3O3/c1-4-6-14(8-11(15)16-3)7-10-12-9(5-2)13-17-10/h4-8H2,1-3H3. The number of aryl methyl sites for hydroxylation is 1. The Morgan fingerprint density at radius 1 is 1.47 bits per heavy atom. The molecule has 0 atom stereocenters. The fraction of sp³-hybridized carbons (Fsp3) is 0.727. The number of methoxy groups -OCH3 is 1. The van der Waals surface area contributed by atoms with Crippen LogP contribution in [-0.2, 0) is 22.5 Å². The Morgan fingerprint density at radius 2 is 2.24 bits per heavy atom. The predicted molar refractivity (Wildman–Crippen MR) is 61.3 cm³/mol. The van der Waals surface area contributed by atoms with E-state index in [1.165, 1.54) is 7.11 Å². The zero-order chi connectivity index (χ0) is 12.7. The van der Waals surface area contributed by atoms with E-state index in [0.29, 0.717) is 18.3 Å². The summed E-state index contributed by atoms with van der Waals surface area (Å²) in [5, 5.41) is 3.82. The third-order valence-electron chi connectivity index (χ3n) is 2.31. The Kier molecular flexibility index (Phi) is 5.62. The van der Waals surface area contributed by atoms with Gasteiger partial charge in [-0.15, -0.1) is 0 Å². The topological polar surface area (TPSA) is 68.5 Å². The normalized spacial score (nSPS) is 10.8. The molecular weight excluding hydrogens is 222 g/mol. The molecule has 0 radical (unpaired) electrons. The summed E-state index contributed by atoms with van der Waals surface area (Å²) in [6, 6.07) is 0. The van der Waals surface area contributed by atoms with Crippen LogP contribution >= 0.6 is 0 Å². The summed E-state index contributed by atoms with van der Waals surface area (Å²) < 4.78 is 9.74. The average Bonchev–Trinajstić information content (AvgIpc) is 2.77.